The van der Waals surface area contributed by atoms with Gasteiger partial charge in [0.15, 0.2) is 0 Å². The third kappa shape index (κ3) is 3.17. The standard InChI is InChI=1S/C21H13NO4/c22-12-16-11-15(10-7-13-5-8-14(9-6-13)20(23)24)17-3-1-2-4-18(17)19(16)21(25)26/h1-11H,(H,23,24)(H,25,26). The van der Waals surface area contributed by atoms with Crippen molar-refractivity contribution in [2.24, 2.45) is 0 Å². The molecule has 5 nitrogen and oxygen atoms in total. The highest BCUT2D eigenvalue weighted by Crippen LogP contribution is 2.28. The number of rotatable bonds is 4. The number of carboxylic acids is 2. The Bertz CT molecular complexity index is 1090. The highest BCUT2D eigenvalue weighted by atomic mass is 16.4. The Balaban J connectivity index is 2.11. The second-order valence-corrected chi connectivity index (χ2v) is 5.61. The van der Waals surface area contributed by atoms with Crippen molar-refractivity contribution in [3.63, 3.8) is 0 Å². The lowest BCUT2D eigenvalue weighted by atomic mass is 9.94. The molecule has 26 heavy (non-hydrogen) atoms. The van der Waals surface area contributed by atoms with Gasteiger partial charge in [0.1, 0.15) is 6.07 Å². The lowest BCUT2D eigenvalue weighted by Gasteiger charge is -2.08. The summed E-state index contributed by atoms with van der Waals surface area (Å²) in [6.07, 6.45) is 3.57. The quantitative estimate of drug-likeness (QED) is 0.689. The van der Waals surface area contributed by atoms with Crippen molar-refractivity contribution < 1.29 is 19.8 Å². The van der Waals surface area contributed by atoms with Gasteiger partial charge < -0.3 is 10.2 Å². The van der Waals surface area contributed by atoms with Crippen LogP contribution in [0.3, 0.4) is 0 Å². The Kier molecular flexibility index (Phi) is 4.50. The fourth-order valence-electron chi connectivity index (χ4n) is 2.78. The molecule has 3 aromatic carbocycles. The van der Waals surface area contributed by atoms with Gasteiger partial charge in [-0.05, 0) is 40.1 Å². The van der Waals surface area contributed by atoms with Crippen LogP contribution in [0.15, 0.2) is 54.6 Å². The molecule has 0 heterocycles. The van der Waals surface area contributed by atoms with Gasteiger partial charge in [-0.25, -0.2) is 9.59 Å². The number of hydrogen-bond acceptors (Lipinski definition) is 3. The zero-order valence-electron chi connectivity index (χ0n) is 13.5. The molecular weight excluding hydrogens is 330 g/mol. The summed E-state index contributed by atoms with van der Waals surface area (Å²) in [7, 11) is 0. The second-order valence-electron chi connectivity index (χ2n) is 5.61. The summed E-state index contributed by atoms with van der Waals surface area (Å²) in [5.74, 6) is -2.13. The molecule has 0 saturated heterocycles. The molecule has 5 heteroatoms. The maximum absolute atomic E-state index is 11.6. The van der Waals surface area contributed by atoms with Gasteiger partial charge in [-0.2, -0.15) is 5.26 Å². The molecule has 0 aliphatic rings. The first kappa shape index (κ1) is 16.9. The van der Waals surface area contributed by atoms with Crippen molar-refractivity contribution in [3.05, 3.63) is 82.4 Å². The topological polar surface area (TPSA) is 98.4 Å². The van der Waals surface area contributed by atoms with Gasteiger partial charge in [-0.1, -0.05) is 48.6 Å². The minimum absolute atomic E-state index is 0.00828. The summed E-state index contributed by atoms with van der Waals surface area (Å²) >= 11 is 0. The Morgan fingerprint density at radius 2 is 1.54 bits per heavy atom. The fraction of sp³-hybridized carbons (Fsp3) is 0. The van der Waals surface area contributed by atoms with Crippen LogP contribution in [0.1, 0.15) is 37.4 Å². The van der Waals surface area contributed by atoms with Crippen molar-refractivity contribution in [1.29, 1.82) is 5.26 Å². The van der Waals surface area contributed by atoms with E-state index in [1.54, 1.807) is 54.6 Å². The van der Waals surface area contributed by atoms with Crippen LogP contribution < -0.4 is 0 Å². The molecule has 0 radical (unpaired) electrons. The average molecular weight is 343 g/mol. The van der Waals surface area contributed by atoms with Gasteiger partial charge in [0.25, 0.3) is 0 Å². The van der Waals surface area contributed by atoms with Crippen LogP contribution in [0, 0.1) is 11.3 Å². The van der Waals surface area contributed by atoms with E-state index in [4.69, 9.17) is 5.11 Å². The Morgan fingerprint density at radius 3 is 2.12 bits per heavy atom. The Labute approximate surface area is 149 Å². The number of nitriles is 1. The van der Waals surface area contributed by atoms with Crippen LogP contribution >= 0.6 is 0 Å². The van der Waals surface area contributed by atoms with E-state index in [2.05, 4.69) is 0 Å². The molecule has 126 valence electrons. The largest absolute Gasteiger partial charge is 0.478 e. The molecule has 3 rings (SSSR count). The Morgan fingerprint density at radius 1 is 0.885 bits per heavy atom. The molecule has 0 atom stereocenters. The molecular formula is C21H13NO4. The van der Waals surface area contributed by atoms with E-state index in [0.717, 1.165) is 10.9 Å². The Hall–Kier alpha value is -3.91. The number of fused-ring (bicyclic) bond motifs is 1. The fourth-order valence-corrected chi connectivity index (χ4v) is 2.78. The first-order chi connectivity index (χ1) is 12.5. The van der Waals surface area contributed by atoms with Crippen molar-refractivity contribution in [2.75, 3.05) is 0 Å². The van der Waals surface area contributed by atoms with E-state index in [0.29, 0.717) is 10.9 Å². The molecule has 0 aliphatic heterocycles. The van der Waals surface area contributed by atoms with Gasteiger partial charge in [0.05, 0.1) is 16.7 Å². The predicted molar refractivity (Wildman–Crippen MR) is 98.0 cm³/mol. The van der Waals surface area contributed by atoms with Crippen LogP contribution in [0.5, 0.6) is 0 Å². The van der Waals surface area contributed by atoms with Crippen molar-refractivity contribution in [3.8, 4) is 6.07 Å². The number of benzene rings is 3. The third-order valence-corrected chi connectivity index (χ3v) is 4.02. The number of carbonyl (C=O) groups is 2. The van der Waals surface area contributed by atoms with E-state index < -0.39 is 11.9 Å². The van der Waals surface area contributed by atoms with Gasteiger partial charge in [-0.15, -0.1) is 0 Å². The lowest BCUT2D eigenvalue weighted by molar-refractivity contribution is 0.0687. The maximum atomic E-state index is 11.6. The first-order valence-corrected chi connectivity index (χ1v) is 7.72. The molecule has 0 aliphatic carbocycles. The van der Waals surface area contributed by atoms with Crippen molar-refractivity contribution >= 4 is 34.9 Å². The van der Waals surface area contributed by atoms with Crippen molar-refractivity contribution in [2.45, 2.75) is 0 Å². The molecule has 0 fully saturated rings. The molecule has 0 unspecified atom stereocenters. The first-order valence-electron chi connectivity index (χ1n) is 7.72. The molecule has 0 amide bonds. The molecule has 0 aromatic heterocycles. The van der Waals surface area contributed by atoms with E-state index in [-0.39, 0.29) is 16.7 Å². The lowest BCUT2D eigenvalue weighted by Crippen LogP contribution is -2.02. The van der Waals surface area contributed by atoms with Gasteiger partial charge in [-0.3, -0.25) is 0 Å². The summed E-state index contributed by atoms with van der Waals surface area (Å²) < 4.78 is 0. The number of hydrogen-bond donors (Lipinski definition) is 2. The average Bonchev–Trinajstić information content (AvgIpc) is 2.65. The monoisotopic (exact) mass is 343 g/mol. The van der Waals surface area contributed by atoms with Crippen LogP contribution in [-0.2, 0) is 0 Å². The highest BCUT2D eigenvalue weighted by molar-refractivity contribution is 6.08. The van der Waals surface area contributed by atoms with Gasteiger partial charge in [0.2, 0.25) is 0 Å². The van der Waals surface area contributed by atoms with Gasteiger partial charge in [0, 0.05) is 0 Å². The molecule has 3 aromatic rings. The van der Waals surface area contributed by atoms with E-state index in [1.165, 1.54) is 12.1 Å². The second kappa shape index (κ2) is 6.91. The number of carboxylic acid groups (broad SMARTS) is 2. The number of nitrogens with zero attached hydrogens (tertiary/aromatic N) is 1. The molecule has 0 saturated carbocycles. The third-order valence-electron chi connectivity index (χ3n) is 4.02. The molecule has 0 spiro atoms. The highest BCUT2D eigenvalue weighted by Gasteiger charge is 2.16. The summed E-state index contributed by atoms with van der Waals surface area (Å²) in [4.78, 5) is 22.5. The van der Waals surface area contributed by atoms with Gasteiger partial charge >= 0.3 is 11.9 Å². The summed E-state index contributed by atoms with van der Waals surface area (Å²) in [5, 5.41) is 28.9. The molecule has 0 bridgehead atoms. The summed E-state index contributed by atoms with van der Waals surface area (Å²) in [6, 6.07) is 16.9. The van der Waals surface area contributed by atoms with Crippen LogP contribution in [-0.4, -0.2) is 22.2 Å². The van der Waals surface area contributed by atoms with E-state index in [1.807, 2.05) is 6.07 Å². The predicted octanol–water partition coefficient (Wildman–Crippen LogP) is 4.28. The summed E-state index contributed by atoms with van der Waals surface area (Å²) in [6.45, 7) is 0. The minimum Gasteiger partial charge on any atom is -0.478 e. The van der Waals surface area contributed by atoms with Crippen molar-refractivity contribution in [1.82, 2.24) is 0 Å². The van der Waals surface area contributed by atoms with Crippen LogP contribution in [0.25, 0.3) is 22.9 Å². The summed E-state index contributed by atoms with van der Waals surface area (Å²) in [5.41, 5.74) is 1.79. The SMILES string of the molecule is N#Cc1cc(C=Cc2ccc(C(=O)O)cc2)c2ccccc2c1C(=O)O. The van der Waals surface area contributed by atoms with E-state index >= 15 is 0 Å². The smallest absolute Gasteiger partial charge is 0.337 e. The zero-order valence-corrected chi connectivity index (χ0v) is 13.5. The maximum Gasteiger partial charge on any atom is 0.337 e. The van der Waals surface area contributed by atoms with E-state index in [9.17, 15) is 20.0 Å². The number of aromatic carboxylic acids is 2. The van der Waals surface area contributed by atoms with Crippen LogP contribution in [0.4, 0.5) is 0 Å². The molecule has 2 N–H and O–H groups in total. The van der Waals surface area contributed by atoms with Crippen LogP contribution in [0.2, 0.25) is 0 Å². The normalized spacial score (nSPS) is 10.7. The minimum atomic E-state index is -1.14. The zero-order chi connectivity index (χ0) is 18.7.